The maximum atomic E-state index is 15.0. The van der Waals surface area contributed by atoms with E-state index in [1.807, 2.05) is 39.8 Å². The first kappa shape index (κ1) is 45.7. The highest BCUT2D eigenvalue weighted by atomic mass is 35.5. The van der Waals surface area contributed by atoms with Gasteiger partial charge in [-0.2, -0.15) is 4.98 Å². The van der Waals surface area contributed by atoms with Crippen LogP contribution in [0.1, 0.15) is 113 Å². The van der Waals surface area contributed by atoms with Gasteiger partial charge in [-0.15, -0.1) is 0 Å². The lowest BCUT2D eigenvalue weighted by Crippen LogP contribution is -2.49. The number of halogens is 3. The molecule has 2 saturated carbocycles. The van der Waals surface area contributed by atoms with Crippen molar-refractivity contribution in [2.75, 3.05) is 6.54 Å². The number of carbonyl (C=O) groups excluding carboxylic acids is 4. The number of aromatic nitrogens is 1. The van der Waals surface area contributed by atoms with Crippen LogP contribution in [0.5, 0.6) is 11.8 Å². The predicted octanol–water partition coefficient (Wildman–Crippen LogP) is 7.98. The number of carbonyl (C=O) groups is 4. The highest BCUT2D eigenvalue weighted by Crippen LogP contribution is 2.58. The van der Waals surface area contributed by atoms with Gasteiger partial charge in [0.05, 0.1) is 41.2 Å². The van der Waals surface area contributed by atoms with Gasteiger partial charge in [-0.05, 0) is 103 Å². The molecule has 16 heteroatoms. The van der Waals surface area contributed by atoms with Crippen molar-refractivity contribution in [3.8, 4) is 11.8 Å². The lowest BCUT2D eigenvalue weighted by atomic mass is 9.82. The normalized spacial score (nSPS) is 29.2. The van der Waals surface area contributed by atoms with Crippen LogP contribution in [0.25, 0.3) is 10.8 Å². The van der Waals surface area contributed by atoms with Crippen LogP contribution in [-0.4, -0.2) is 82.9 Å². The number of nitrogens with one attached hydrogen (secondary N) is 1. The number of pyridine rings is 1. The van der Waals surface area contributed by atoms with E-state index in [1.165, 1.54) is 4.90 Å². The number of hydrogen-bond donors (Lipinski definition) is 1. The van der Waals surface area contributed by atoms with Crippen molar-refractivity contribution in [1.29, 1.82) is 0 Å². The van der Waals surface area contributed by atoms with E-state index >= 15 is 4.79 Å². The highest BCUT2D eigenvalue weighted by molar-refractivity contribution is 7.91. The first-order chi connectivity index (χ1) is 27.9. The van der Waals surface area contributed by atoms with Crippen molar-refractivity contribution < 1.29 is 50.6 Å². The van der Waals surface area contributed by atoms with Gasteiger partial charge < -0.3 is 19.1 Å². The van der Waals surface area contributed by atoms with E-state index in [0.717, 1.165) is 13.8 Å². The first-order valence-corrected chi connectivity index (χ1v) is 22.8. The van der Waals surface area contributed by atoms with Gasteiger partial charge in [0.25, 0.3) is 5.92 Å². The summed E-state index contributed by atoms with van der Waals surface area (Å²) in [4.78, 5) is 63.3. The summed E-state index contributed by atoms with van der Waals surface area (Å²) in [5.41, 5.74) is -3.52. The second-order valence-corrected chi connectivity index (χ2v) is 21.4. The zero-order valence-electron chi connectivity index (χ0n) is 35.7. The minimum atomic E-state index is -4.02. The summed E-state index contributed by atoms with van der Waals surface area (Å²) < 4.78 is 74.5. The molecular weight excluding hydrogens is 820 g/mol. The number of Topliss-reactive ketones (excluding diaryl/α,β-unsaturated/α-hetero) is 1. The fraction of sp³-hybridized carbons (Fsp3) is 0.659. The number of sulfonamides is 1. The Kier molecular flexibility index (Phi) is 12.8. The van der Waals surface area contributed by atoms with Crippen LogP contribution in [0, 0.1) is 29.1 Å². The van der Waals surface area contributed by atoms with Crippen molar-refractivity contribution in [3.05, 3.63) is 41.4 Å². The maximum absolute atomic E-state index is 15.0. The molecule has 4 aliphatic rings. The van der Waals surface area contributed by atoms with E-state index in [2.05, 4.69) is 9.71 Å². The van der Waals surface area contributed by atoms with Crippen LogP contribution in [0.15, 0.2) is 36.4 Å². The summed E-state index contributed by atoms with van der Waals surface area (Å²) in [6, 6.07) is 5.79. The van der Waals surface area contributed by atoms with Crippen LogP contribution >= 0.6 is 11.6 Å². The number of alkyl halides is 2. The summed E-state index contributed by atoms with van der Waals surface area (Å²) >= 11 is 6.60. The number of benzene rings is 1. The minimum absolute atomic E-state index is 0.0187. The minimum Gasteiger partial charge on any atom is -0.475 e. The molecule has 12 nitrogen and oxygen atoms in total. The molecule has 2 aliphatic carbocycles. The molecule has 1 aromatic heterocycles. The molecule has 0 unspecified atom stereocenters. The molecule has 3 fully saturated rings. The number of rotatable bonds is 11. The summed E-state index contributed by atoms with van der Waals surface area (Å²) in [5, 5.41) is 1.60. The molecule has 0 spiro atoms. The Labute approximate surface area is 356 Å². The largest absolute Gasteiger partial charge is 0.475 e. The molecule has 2 aliphatic heterocycles. The van der Waals surface area contributed by atoms with Crippen molar-refractivity contribution in [3.63, 3.8) is 0 Å². The van der Waals surface area contributed by atoms with Gasteiger partial charge >= 0.3 is 5.97 Å². The molecule has 0 radical (unpaired) electrons. The molecule has 2 amide bonds. The van der Waals surface area contributed by atoms with E-state index in [1.54, 1.807) is 31.2 Å². The molecule has 1 saturated heterocycles. The number of amides is 2. The zero-order chi connectivity index (χ0) is 44.2. The molecule has 1 N–H and O–H groups in total. The number of fused-ring (bicyclic) bond motifs is 3. The summed E-state index contributed by atoms with van der Waals surface area (Å²) in [5.74, 6) is -7.58. The van der Waals surface area contributed by atoms with Gasteiger partial charge in [0.1, 0.15) is 6.10 Å². The Balaban J connectivity index is 1.38. The van der Waals surface area contributed by atoms with E-state index < -0.39 is 91.6 Å². The van der Waals surface area contributed by atoms with Gasteiger partial charge in [0.2, 0.25) is 33.6 Å². The number of ether oxygens (including phenoxy) is 3. The maximum Gasteiger partial charge on any atom is 0.307 e. The average molecular weight is 878 g/mol. The molecule has 3 heterocycles. The Morgan fingerprint density at radius 1 is 1.10 bits per heavy atom. The smallest absolute Gasteiger partial charge is 0.307 e. The SMILES string of the molecule is CC(C)Oc1cc2c(Cl)cccc2c(O[C@@H]2C[C@H]3C(=O)C[C@]4(C(=O)NS(=O)(=O)C5(C)CC5)C[C@H]4/C=C\CC[C@H](C)C[C@@H](C)[C@H](CC(=O)OC(C)(C)C(C)(F)F)C(=O)N3C2)n1. The van der Waals surface area contributed by atoms with Gasteiger partial charge in [-0.25, -0.2) is 17.2 Å². The fourth-order valence-electron chi connectivity index (χ4n) is 8.42. The summed E-state index contributed by atoms with van der Waals surface area (Å²) in [6.45, 7) is 11.9. The third kappa shape index (κ3) is 9.61. The van der Waals surface area contributed by atoms with Crippen LogP contribution < -0.4 is 14.2 Å². The standard InChI is InChI=1S/C44H58ClF2N3O9S/c1-25(2)57-36-20-32-30(14-11-15-33(32)45)38(48-36)58-29-19-34-35(51)23-44(40(54)49-60(55,56)42(7)16-17-42)22-28(44)13-10-9-12-26(3)18-27(4)31(39(53)50(34)24-29)21-37(52)59-41(5,6)43(8,46)47/h10-11,13-15,20,25-29,31,34H,9,12,16-19,21-24H2,1-8H3,(H,49,54)/b13-10-/t26-,27+,28+,29+,31-,34-,44+/m0/s1. The number of esters is 1. The number of ketones is 1. The summed E-state index contributed by atoms with van der Waals surface area (Å²) in [6.07, 6.45) is 4.79. The summed E-state index contributed by atoms with van der Waals surface area (Å²) in [7, 11) is -4.02. The van der Waals surface area contributed by atoms with Gasteiger partial charge in [0.15, 0.2) is 11.4 Å². The van der Waals surface area contributed by atoms with E-state index in [9.17, 15) is 31.6 Å². The molecule has 1 aromatic carbocycles. The Hall–Kier alpha value is -3.85. The molecule has 6 rings (SSSR count). The van der Waals surface area contributed by atoms with E-state index in [0.29, 0.717) is 54.8 Å². The van der Waals surface area contributed by atoms with Crippen LogP contribution in [0.2, 0.25) is 5.02 Å². The predicted molar refractivity (Wildman–Crippen MR) is 222 cm³/mol. The van der Waals surface area contributed by atoms with E-state index in [-0.39, 0.29) is 49.6 Å². The number of nitrogens with zero attached hydrogens (tertiary/aromatic N) is 2. The fourth-order valence-corrected chi connectivity index (χ4v) is 9.98. The van der Waals surface area contributed by atoms with Crippen molar-refractivity contribution in [2.24, 2.45) is 29.1 Å². The first-order valence-electron chi connectivity index (χ1n) is 21.0. The Morgan fingerprint density at radius 3 is 2.45 bits per heavy atom. The molecule has 2 aromatic rings. The van der Waals surface area contributed by atoms with Crippen LogP contribution in [0.3, 0.4) is 0 Å². The molecule has 7 atom stereocenters. The van der Waals surface area contributed by atoms with Crippen molar-refractivity contribution >= 4 is 56.0 Å². The third-order valence-corrected chi connectivity index (χ3v) is 15.5. The highest BCUT2D eigenvalue weighted by Gasteiger charge is 2.63. The quantitative estimate of drug-likeness (QED) is 0.173. The lowest BCUT2D eigenvalue weighted by Gasteiger charge is -2.34. The number of hydrogen-bond acceptors (Lipinski definition) is 10. The second-order valence-electron chi connectivity index (χ2n) is 18.8. The van der Waals surface area contributed by atoms with Crippen LogP contribution in [-0.2, 0) is 33.9 Å². The zero-order valence-corrected chi connectivity index (χ0v) is 37.3. The molecule has 330 valence electrons. The molecule has 60 heavy (non-hydrogen) atoms. The van der Waals surface area contributed by atoms with Gasteiger partial charge in [0, 0.05) is 41.6 Å². The Morgan fingerprint density at radius 2 is 1.80 bits per heavy atom. The van der Waals surface area contributed by atoms with Crippen molar-refractivity contribution in [1.82, 2.24) is 14.6 Å². The van der Waals surface area contributed by atoms with E-state index in [4.69, 9.17) is 25.8 Å². The topological polar surface area (TPSA) is 158 Å². The monoisotopic (exact) mass is 877 g/mol. The Bertz CT molecular complexity index is 2150. The van der Waals surface area contributed by atoms with Crippen LogP contribution in [0.4, 0.5) is 8.78 Å². The molecular formula is C44H58ClF2N3O9S. The third-order valence-electron chi connectivity index (χ3n) is 13.0. The second kappa shape index (κ2) is 16.8. The molecule has 0 bridgehead atoms. The average Bonchev–Trinajstić information content (AvgIpc) is 4.01. The number of allylic oxidation sites excluding steroid dienone is 2. The lowest BCUT2D eigenvalue weighted by molar-refractivity contribution is -0.197. The van der Waals surface area contributed by atoms with Crippen molar-refractivity contribution in [2.45, 2.75) is 148 Å². The van der Waals surface area contributed by atoms with Gasteiger partial charge in [-0.1, -0.05) is 43.7 Å². The van der Waals surface area contributed by atoms with Gasteiger partial charge in [-0.3, -0.25) is 23.9 Å².